The Bertz CT molecular complexity index is 843. The predicted molar refractivity (Wildman–Crippen MR) is 96.4 cm³/mol. The van der Waals surface area contributed by atoms with Gasteiger partial charge in [-0.3, -0.25) is 4.79 Å². The molecule has 128 valence electrons. The lowest BCUT2D eigenvalue weighted by Gasteiger charge is -2.17. The van der Waals surface area contributed by atoms with E-state index < -0.39 is 0 Å². The van der Waals surface area contributed by atoms with Crippen LogP contribution >= 0.6 is 0 Å². The van der Waals surface area contributed by atoms with Crippen LogP contribution < -0.4 is 5.32 Å². The van der Waals surface area contributed by atoms with Crippen molar-refractivity contribution in [2.24, 2.45) is 0 Å². The van der Waals surface area contributed by atoms with Crippen LogP contribution in [0.3, 0.4) is 0 Å². The fraction of sp³-hybridized carbons (Fsp3) is 0.250. The highest BCUT2D eigenvalue weighted by atomic mass is 16.5. The summed E-state index contributed by atoms with van der Waals surface area (Å²) in [5, 5.41) is 6.87. The van der Waals surface area contributed by atoms with E-state index in [9.17, 15) is 4.79 Å². The Hall–Kier alpha value is -2.95. The number of nitrogens with zero attached hydrogens (tertiary/aromatic N) is 2. The molecule has 0 spiro atoms. The fourth-order valence-electron chi connectivity index (χ4n) is 2.85. The summed E-state index contributed by atoms with van der Waals surface area (Å²) >= 11 is 0. The number of rotatable bonds is 6. The molecule has 0 saturated heterocycles. The minimum absolute atomic E-state index is 0.0112. The van der Waals surface area contributed by atoms with Gasteiger partial charge in [0.1, 0.15) is 0 Å². The number of hydrogen-bond acceptors (Lipinski definition) is 4. The summed E-state index contributed by atoms with van der Waals surface area (Å²) in [6.45, 7) is 3.80. The zero-order valence-corrected chi connectivity index (χ0v) is 14.4. The Balaban J connectivity index is 1.79. The van der Waals surface area contributed by atoms with Crippen LogP contribution in [0.4, 0.5) is 5.69 Å². The van der Waals surface area contributed by atoms with Crippen molar-refractivity contribution < 1.29 is 9.32 Å². The molecule has 0 unspecified atom stereocenters. The van der Waals surface area contributed by atoms with Gasteiger partial charge in [0.15, 0.2) is 5.82 Å². The Morgan fingerprint density at radius 1 is 1.12 bits per heavy atom. The van der Waals surface area contributed by atoms with Gasteiger partial charge in [-0.15, -0.1) is 0 Å². The van der Waals surface area contributed by atoms with Crippen LogP contribution in [-0.2, 0) is 11.2 Å². The molecule has 1 heterocycles. The van der Waals surface area contributed by atoms with E-state index in [1.807, 2.05) is 61.5 Å². The number of benzene rings is 2. The van der Waals surface area contributed by atoms with Crippen LogP contribution in [0.15, 0.2) is 59.1 Å². The summed E-state index contributed by atoms with van der Waals surface area (Å²) in [4.78, 5) is 17.0. The molecule has 5 heteroatoms. The molecule has 0 aliphatic carbocycles. The van der Waals surface area contributed by atoms with Crippen LogP contribution in [0.25, 0.3) is 0 Å². The lowest BCUT2D eigenvalue weighted by Crippen LogP contribution is -2.21. The number of carbonyl (C=O) groups is 1. The summed E-state index contributed by atoms with van der Waals surface area (Å²) in [5.74, 6) is 0.948. The molecule has 1 aromatic heterocycles. The van der Waals surface area contributed by atoms with Gasteiger partial charge >= 0.3 is 0 Å². The van der Waals surface area contributed by atoms with Crippen molar-refractivity contribution in [3.05, 3.63) is 77.4 Å². The van der Waals surface area contributed by atoms with Gasteiger partial charge in [-0.2, -0.15) is 4.98 Å². The first-order valence-corrected chi connectivity index (χ1v) is 8.40. The Morgan fingerprint density at radius 2 is 1.84 bits per heavy atom. The first-order chi connectivity index (χ1) is 12.2. The second-order valence-electron chi connectivity index (χ2n) is 5.93. The second kappa shape index (κ2) is 7.75. The zero-order valence-electron chi connectivity index (χ0n) is 14.4. The number of aromatic nitrogens is 2. The topological polar surface area (TPSA) is 68.0 Å². The summed E-state index contributed by atoms with van der Waals surface area (Å²) in [5.41, 5.74) is 2.74. The number of amides is 1. The molecule has 3 rings (SSSR count). The first-order valence-electron chi connectivity index (χ1n) is 8.40. The van der Waals surface area contributed by atoms with Gasteiger partial charge in [0, 0.05) is 5.69 Å². The minimum atomic E-state index is -0.181. The molecule has 0 bridgehead atoms. The van der Waals surface area contributed by atoms with E-state index in [0.29, 0.717) is 18.1 Å². The normalized spacial score (nSPS) is 11.9. The molecule has 3 aromatic rings. The van der Waals surface area contributed by atoms with Crippen LogP contribution in [0.5, 0.6) is 0 Å². The van der Waals surface area contributed by atoms with Gasteiger partial charge in [-0.1, -0.05) is 60.6 Å². The van der Waals surface area contributed by atoms with Crippen molar-refractivity contribution in [3.8, 4) is 0 Å². The van der Waals surface area contributed by atoms with Crippen LogP contribution in [0, 0.1) is 6.92 Å². The van der Waals surface area contributed by atoms with Gasteiger partial charge in [0.25, 0.3) is 0 Å². The van der Waals surface area contributed by atoms with E-state index >= 15 is 0 Å². The third kappa shape index (κ3) is 4.12. The van der Waals surface area contributed by atoms with Crippen molar-refractivity contribution in [3.63, 3.8) is 0 Å². The molecule has 0 fully saturated rings. The highest BCUT2D eigenvalue weighted by Gasteiger charge is 2.19. The van der Waals surface area contributed by atoms with E-state index in [1.165, 1.54) is 0 Å². The fourth-order valence-corrected chi connectivity index (χ4v) is 2.85. The Kier molecular flexibility index (Phi) is 5.23. The second-order valence-corrected chi connectivity index (χ2v) is 5.93. The number of nitrogens with one attached hydrogen (secondary N) is 1. The monoisotopic (exact) mass is 335 g/mol. The molecule has 1 N–H and O–H groups in total. The standard InChI is InChI=1S/C20H21N3O2/c1-3-17(15-9-5-4-6-10-15)20(24)22-18-12-8-7-11-16(18)13-19-21-14(2)23-25-19/h4-12,17H,3,13H2,1-2H3,(H,22,24)/t17-/m0/s1. The van der Waals surface area contributed by atoms with Crippen LogP contribution in [0.2, 0.25) is 0 Å². The molecule has 1 amide bonds. The SMILES string of the molecule is CC[C@H](C(=O)Nc1ccccc1Cc1nc(C)no1)c1ccccc1. The van der Waals surface area contributed by atoms with E-state index in [1.54, 1.807) is 6.92 Å². The average Bonchev–Trinajstić information content (AvgIpc) is 3.03. The van der Waals surface area contributed by atoms with Gasteiger partial charge in [-0.05, 0) is 30.5 Å². The molecule has 0 aliphatic heterocycles. The maximum Gasteiger partial charge on any atom is 0.231 e. The van der Waals surface area contributed by atoms with Gasteiger partial charge in [0.2, 0.25) is 11.8 Å². The molecule has 1 atom stereocenters. The maximum atomic E-state index is 12.8. The van der Waals surface area contributed by atoms with Crippen molar-refractivity contribution in [1.82, 2.24) is 10.1 Å². The van der Waals surface area contributed by atoms with E-state index in [2.05, 4.69) is 15.5 Å². The molecule has 2 aromatic carbocycles. The molecular formula is C20H21N3O2. The smallest absolute Gasteiger partial charge is 0.231 e. The quantitative estimate of drug-likeness (QED) is 0.736. The molecule has 0 radical (unpaired) electrons. The van der Waals surface area contributed by atoms with Crippen molar-refractivity contribution >= 4 is 11.6 Å². The minimum Gasteiger partial charge on any atom is -0.339 e. The average molecular weight is 335 g/mol. The molecule has 0 saturated carbocycles. The van der Waals surface area contributed by atoms with Gasteiger partial charge < -0.3 is 9.84 Å². The van der Waals surface area contributed by atoms with Crippen molar-refractivity contribution in [1.29, 1.82) is 0 Å². The third-order valence-electron chi connectivity index (χ3n) is 4.11. The van der Waals surface area contributed by atoms with E-state index in [-0.39, 0.29) is 11.8 Å². The lowest BCUT2D eigenvalue weighted by molar-refractivity contribution is -0.117. The summed E-state index contributed by atoms with van der Waals surface area (Å²) in [6.07, 6.45) is 1.22. The summed E-state index contributed by atoms with van der Waals surface area (Å²) in [6, 6.07) is 17.5. The highest BCUT2D eigenvalue weighted by Crippen LogP contribution is 2.24. The molecule has 25 heavy (non-hydrogen) atoms. The van der Waals surface area contributed by atoms with Crippen molar-refractivity contribution in [2.45, 2.75) is 32.6 Å². The van der Waals surface area contributed by atoms with E-state index in [0.717, 1.165) is 23.2 Å². The zero-order chi connectivity index (χ0) is 17.6. The number of aryl methyl sites for hydroxylation is 1. The number of carbonyl (C=O) groups excluding carboxylic acids is 1. The highest BCUT2D eigenvalue weighted by molar-refractivity contribution is 5.96. The first kappa shape index (κ1) is 16.9. The van der Waals surface area contributed by atoms with Gasteiger partial charge in [-0.25, -0.2) is 0 Å². The lowest BCUT2D eigenvalue weighted by atomic mass is 9.95. The Labute approximate surface area is 147 Å². The number of hydrogen-bond donors (Lipinski definition) is 1. The van der Waals surface area contributed by atoms with E-state index in [4.69, 9.17) is 4.52 Å². The maximum absolute atomic E-state index is 12.8. The van der Waals surface area contributed by atoms with Crippen molar-refractivity contribution in [2.75, 3.05) is 5.32 Å². The predicted octanol–water partition coefficient (Wildman–Crippen LogP) is 4.10. The Morgan fingerprint density at radius 3 is 2.52 bits per heavy atom. The summed E-state index contributed by atoms with van der Waals surface area (Å²) in [7, 11) is 0. The molecular weight excluding hydrogens is 314 g/mol. The van der Waals surface area contributed by atoms with Crippen LogP contribution in [0.1, 0.15) is 42.1 Å². The number of anilines is 1. The molecule has 5 nitrogen and oxygen atoms in total. The molecule has 0 aliphatic rings. The number of para-hydroxylation sites is 1. The van der Waals surface area contributed by atoms with Gasteiger partial charge in [0.05, 0.1) is 12.3 Å². The summed E-state index contributed by atoms with van der Waals surface area (Å²) < 4.78 is 5.19. The third-order valence-corrected chi connectivity index (χ3v) is 4.11. The largest absolute Gasteiger partial charge is 0.339 e. The van der Waals surface area contributed by atoms with Crippen LogP contribution in [-0.4, -0.2) is 16.0 Å².